The summed E-state index contributed by atoms with van der Waals surface area (Å²) in [6.07, 6.45) is 1.01. The highest BCUT2D eigenvalue weighted by Crippen LogP contribution is 2.47. The summed E-state index contributed by atoms with van der Waals surface area (Å²) in [5, 5.41) is 6.63. The van der Waals surface area contributed by atoms with Gasteiger partial charge in [-0.15, -0.1) is 0 Å². The average Bonchev–Trinajstić information content (AvgIpc) is 2.84. The molecule has 0 spiro atoms. The summed E-state index contributed by atoms with van der Waals surface area (Å²) in [5.41, 5.74) is 4.57. The molecule has 1 heterocycles. The van der Waals surface area contributed by atoms with Crippen molar-refractivity contribution in [1.82, 2.24) is 5.32 Å². The molecule has 0 bridgehead atoms. The van der Waals surface area contributed by atoms with Crippen molar-refractivity contribution in [3.63, 3.8) is 0 Å². The fraction of sp³-hybridized carbons (Fsp3) is 0.172. The Morgan fingerprint density at radius 2 is 1.74 bits per heavy atom. The molecular formula is C29H24ClFN2O2. The van der Waals surface area contributed by atoms with Crippen molar-refractivity contribution in [2.75, 3.05) is 5.32 Å². The molecule has 176 valence electrons. The van der Waals surface area contributed by atoms with E-state index in [-0.39, 0.29) is 11.7 Å². The zero-order valence-corrected chi connectivity index (χ0v) is 19.9. The van der Waals surface area contributed by atoms with E-state index in [1.54, 1.807) is 12.1 Å². The van der Waals surface area contributed by atoms with Crippen LogP contribution >= 0.6 is 11.6 Å². The molecule has 35 heavy (non-hydrogen) atoms. The van der Waals surface area contributed by atoms with Crippen LogP contribution in [0.25, 0.3) is 0 Å². The number of Topliss-reactive ketones (excluding diaryl/α,β-unsaturated/α-hetero) is 1. The monoisotopic (exact) mass is 486 g/mol. The molecule has 2 aliphatic rings. The maximum atomic E-state index is 13.7. The van der Waals surface area contributed by atoms with Crippen LogP contribution in [0.2, 0.25) is 5.02 Å². The minimum absolute atomic E-state index is 0.0129. The molecule has 0 radical (unpaired) electrons. The van der Waals surface area contributed by atoms with Crippen molar-refractivity contribution in [3.05, 3.63) is 123 Å². The van der Waals surface area contributed by atoms with Gasteiger partial charge in [0.25, 0.3) is 5.91 Å². The van der Waals surface area contributed by atoms with Gasteiger partial charge in [-0.1, -0.05) is 66.2 Å². The van der Waals surface area contributed by atoms with Gasteiger partial charge in [-0.2, -0.15) is 0 Å². The second kappa shape index (κ2) is 9.51. The molecular weight excluding hydrogens is 463 g/mol. The summed E-state index contributed by atoms with van der Waals surface area (Å²) in [7, 11) is 0. The van der Waals surface area contributed by atoms with Crippen molar-refractivity contribution in [2.45, 2.75) is 31.6 Å². The second-order valence-corrected chi connectivity index (χ2v) is 9.32. The third kappa shape index (κ3) is 4.52. The third-order valence-electron chi connectivity index (χ3n) is 6.64. The lowest BCUT2D eigenvalue weighted by atomic mass is 9.71. The van der Waals surface area contributed by atoms with E-state index in [9.17, 15) is 14.0 Å². The van der Waals surface area contributed by atoms with Gasteiger partial charge in [0.05, 0.1) is 0 Å². The summed E-state index contributed by atoms with van der Waals surface area (Å²) in [6.45, 7) is 1.82. The highest BCUT2D eigenvalue weighted by Gasteiger charge is 2.41. The molecule has 3 aromatic carbocycles. The highest BCUT2D eigenvalue weighted by atomic mass is 35.5. The van der Waals surface area contributed by atoms with E-state index >= 15 is 0 Å². The Hall–Kier alpha value is -3.70. The lowest BCUT2D eigenvalue weighted by Gasteiger charge is -2.37. The molecule has 3 aromatic rings. The maximum absolute atomic E-state index is 13.7. The zero-order chi connectivity index (χ0) is 24.5. The van der Waals surface area contributed by atoms with Crippen LogP contribution in [0, 0.1) is 5.82 Å². The Morgan fingerprint density at radius 3 is 2.49 bits per heavy atom. The van der Waals surface area contributed by atoms with E-state index in [0.717, 1.165) is 11.3 Å². The molecule has 0 saturated heterocycles. The quantitative estimate of drug-likeness (QED) is 0.443. The van der Waals surface area contributed by atoms with Gasteiger partial charge in [-0.05, 0) is 54.7 Å². The molecule has 6 heteroatoms. The lowest BCUT2D eigenvalue weighted by molar-refractivity contribution is -0.116. The summed E-state index contributed by atoms with van der Waals surface area (Å²) in [6, 6.07) is 23.0. The summed E-state index contributed by atoms with van der Waals surface area (Å²) in [5.74, 6) is -1.44. The van der Waals surface area contributed by atoms with Crippen LogP contribution in [0.5, 0.6) is 0 Å². The van der Waals surface area contributed by atoms with Gasteiger partial charge in [0.1, 0.15) is 5.82 Å². The predicted octanol–water partition coefficient (Wildman–Crippen LogP) is 6.48. The number of anilines is 1. The van der Waals surface area contributed by atoms with E-state index in [2.05, 4.69) is 10.6 Å². The number of amides is 1. The Bertz CT molecular complexity index is 1380. The standard InChI is InChI=1S/C29H24ClFN2O2/c1-17-26(29(35)33-21-11-7-10-20(31)16-21)27(22-12-5-6-13-23(22)30)28-24(32-17)14-19(15-25(28)34)18-8-3-2-4-9-18/h2-13,16,19,27,32H,14-15H2,1H3,(H,33,35)/t19-,27-/m0/s1. The number of hydrogen-bond donors (Lipinski definition) is 2. The van der Waals surface area contributed by atoms with Crippen molar-refractivity contribution in [3.8, 4) is 0 Å². The lowest BCUT2D eigenvalue weighted by Crippen LogP contribution is -2.37. The van der Waals surface area contributed by atoms with Crippen LogP contribution in [0.15, 0.2) is 101 Å². The maximum Gasteiger partial charge on any atom is 0.254 e. The average molecular weight is 487 g/mol. The van der Waals surface area contributed by atoms with Gasteiger partial charge in [0.2, 0.25) is 0 Å². The summed E-state index contributed by atoms with van der Waals surface area (Å²) >= 11 is 6.60. The number of ketones is 1. The summed E-state index contributed by atoms with van der Waals surface area (Å²) < 4.78 is 13.7. The van der Waals surface area contributed by atoms with E-state index in [0.29, 0.717) is 46.0 Å². The number of halogens is 2. The number of dihydropyridines is 1. The first kappa shape index (κ1) is 23.1. The van der Waals surface area contributed by atoms with Gasteiger partial charge < -0.3 is 10.6 Å². The van der Waals surface area contributed by atoms with Crippen LogP contribution in [-0.4, -0.2) is 11.7 Å². The first-order chi connectivity index (χ1) is 16.9. The number of rotatable bonds is 4. The van der Waals surface area contributed by atoms with Gasteiger partial charge >= 0.3 is 0 Å². The largest absolute Gasteiger partial charge is 0.362 e. The van der Waals surface area contributed by atoms with Crippen LogP contribution < -0.4 is 10.6 Å². The zero-order valence-electron chi connectivity index (χ0n) is 19.1. The Labute approximate surface area is 208 Å². The Kier molecular flexibility index (Phi) is 6.27. The van der Waals surface area contributed by atoms with E-state index < -0.39 is 17.6 Å². The number of benzene rings is 3. The number of nitrogens with one attached hydrogen (secondary N) is 2. The fourth-order valence-electron chi connectivity index (χ4n) is 5.09. The minimum atomic E-state index is -0.627. The Balaban J connectivity index is 1.58. The van der Waals surface area contributed by atoms with Gasteiger partial charge in [-0.3, -0.25) is 9.59 Å². The fourth-order valence-corrected chi connectivity index (χ4v) is 5.33. The molecule has 0 aromatic heterocycles. The van der Waals surface area contributed by atoms with E-state index in [1.807, 2.05) is 55.5 Å². The molecule has 2 N–H and O–H groups in total. The molecule has 4 nitrogen and oxygen atoms in total. The van der Waals surface area contributed by atoms with Crippen molar-refractivity contribution < 1.29 is 14.0 Å². The second-order valence-electron chi connectivity index (χ2n) is 8.91. The van der Waals surface area contributed by atoms with Gasteiger partial charge in [-0.25, -0.2) is 4.39 Å². The van der Waals surface area contributed by atoms with Gasteiger partial charge in [0, 0.05) is 45.6 Å². The van der Waals surface area contributed by atoms with Crippen molar-refractivity contribution in [2.24, 2.45) is 0 Å². The van der Waals surface area contributed by atoms with Crippen LogP contribution in [0.4, 0.5) is 10.1 Å². The highest BCUT2D eigenvalue weighted by molar-refractivity contribution is 6.31. The molecule has 5 rings (SSSR count). The Morgan fingerprint density at radius 1 is 1.00 bits per heavy atom. The molecule has 1 amide bonds. The molecule has 0 saturated carbocycles. The third-order valence-corrected chi connectivity index (χ3v) is 6.99. The molecule has 1 aliphatic carbocycles. The van der Waals surface area contributed by atoms with Gasteiger partial charge in [0.15, 0.2) is 5.78 Å². The molecule has 0 unspecified atom stereocenters. The van der Waals surface area contributed by atoms with Crippen LogP contribution in [-0.2, 0) is 9.59 Å². The topological polar surface area (TPSA) is 58.2 Å². The number of hydrogen-bond acceptors (Lipinski definition) is 3. The number of carbonyl (C=O) groups excluding carboxylic acids is 2. The molecule has 0 fully saturated rings. The van der Waals surface area contributed by atoms with Crippen molar-refractivity contribution >= 4 is 29.0 Å². The molecule has 1 aliphatic heterocycles. The smallest absolute Gasteiger partial charge is 0.254 e. The number of carbonyl (C=O) groups is 2. The van der Waals surface area contributed by atoms with Crippen molar-refractivity contribution in [1.29, 1.82) is 0 Å². The van der Waals surface area contributed by atoms with E-state index in [4.69, 9.17) is 11.6 Å². The predicted molar refractivity (Wildman–Crippen MR) is 136 cm³/mol. The molecule has 2 atom stereocenters. The SMILES string of the molecule is CC1=C(C(=O)Nc2cccc(F)c2)[C@H](c2ccccc2Cl)C2=C(C[C@H](c3ccccc3)CC2=O)N1. The van der Waals surface area contributed by atoms with Crippen LogP contribution in [0.3, 0.4) is 0 Å². The van der Waals surface area contributed by atoms with Crippen LogP contribution in [0.1, 0.15) is 42.7 Å². The normalized spacial score (nSPS) is 19.8. The first-order valence-corrected chi connectivity index (χ1v) is 11.9. The van der Waals surface area contributed by atoms with E-state index in [1.165, 1.54) is 18.2 Å². The summed E-state index contributed by atoms with van der Waals surface area (Å²) in [4.78, 5) is 27.2. The minimum Gasteiger partial charge on any atom is -0.362 e. The first-order valence-electron chi connectivity index (χ1n) is 11.5. The number of allylic oxidation sites excluding steroid dienone is 3.